The van der Waals surface area contributed by atoms with Crippen LogP contribution < -0.4 is 0 Å². The van der Waals surface area contributed by atoms with Gasteiger partial charge in [0, 0.05) is 32.8 Å². The van der Waals surface area contributed by atoms with Crippen molar-refractivity contribution >= 4 is 43.6 Å². The SMILES string of the molecule is c1ccc(-n2c3ccccc3c3ccccc32)c(-c2ccc(-n3c4ccccc4c4ccccc43)cc2)c1. The van der Waals surface area contributed by atoms with E-state index in [1.54, 1.807) is 0 Å². The lowest BCUT2D eigenvalue weighted by Gasteiger charge is -2.15. The zero-order valence-corrected chi connectivity index (χ0v) is 20.8. The Kier molecular flexibility index (Phi) is 4.55. The predicted molar refractivity (Wildman–Crippen MR) is 161 cm³/mol. The average molecular weight is 485 g/mol. The maximum absolute atomic E-state index is 2.40. The predicted octanol–water partition coefficient (Wildman–Crippen LogP) is 9.55. The van der Waals surface area contributed by atoms with Crippen molar-refractivity contribution in [3.63, 3.8) is 0 Å². The molecule has 0 aliphatic carbocycles. The molecular formula is C36H24N2. The third kappa shape index (κ3) is 3.01. The number of hydrogen-bond donors (Lipinski definition) is 0. The molecule has 2 nitrogen and oxygen atoms in total. The van der Waals surface area contributed by atoms with Gasteiger partial charge in [-0.3, -0.25) is 0 Å². The van der Waals surface area contributed by atoms with Crippen LogP contribution in [-0.2, 0) is 0 Å². The van der Waals surface area contributed by atoms with E-state index in [1.807, 2.05) is 0 Å². The van der Waals surface area contributed by atoms with Gasteiger partial charge < -0.3 is 9.13 Å². The quantitative estimate of drug-likeness (QED) is 0.236. The van der Waals surface area contributed by atoms with E-state index in [9.17, 15) is 0 Å². The molecule has 0 radical (unpaired) electrons. The molecule has 0 N–H and O–H groups in total. The van der Waals surface area contributed by atoms with Crippen LogP contribution in [0.3, 0.4) is 0 Å². The molecule has 38 heavy (non-hydrogen) atoms. The van der Waals surface area contributed by atoms with E-state index in [2.05, 4.69) is 155 Å². The average Bonchev–Trinajstić information content (AvgIpc) is 3.51. The number of benzene rings is 6. The lowest BCUT2D eigenvalue weighted by molar-refractivity contribution is 1.17. The fraction of sp³-hybridized carbons (Fsp3) is 0. The third-order valence-electron chi connectivity index (χ3n) is 7.74. The highest BCUT2D eigenvalue weighted by molar-refractivity contribution is 6.10. The van der Waals surface area contributed by atoms with E-state index in [1.165, 1.54) is 66.1 Å². The highest BCUT2D eigenvalue weighted by Gasteiger charge is 2.16. The Hall–Kier alpha value is -5.08. The normalized spacial score (nSPS) is 11.7. The third-order valence-corrected chi connectivity index (χ3v) is 7.74. The summed E-state index contributed by atoms with van der Waals surface area (Å²) in [6, 6.07) is 52.4. The highest BCUT2D eigenvalue weighted by Crippen LogP contribution is 2.37. The lowest BCUT2D eigenvalue weighted by atomic mass is 10.0. The first-order valence-corrected chi connectivity index (χ1v) is 13.0. The second-order valence-corrected chi connectivity index (χ2v) is 9.80. The second-order valence-electron chi connectivity index (χ2n) is 9.80. The smallest absolute Gasteiger partial charge is 0.0541 e. The molecule has 0 fully saturated rings. The molecule has 0 amide bonds. The van der Waals surface area contributed by atoms with Gasteiger partial charge in [-0.2, -0.15) is 0 Å². The van der Waals surface area contributed by atoms with Crippen molar-refractivity contribution in [1.82, 2.24) is 9.13 Å². The number of aromatic nitrogens is 2. The first-order valence-electron chi connectivity index (χ1n) is 13.0. The van der Waals surface area contributed by atoms with Crippen LogP contribution in [0.5, 0.6) is 0 Å². The molecule has 0 saturated heterocycles. The minimum atomic E-state index is 1.17. The zero-order chi connectivity index (χ0) is 25.1. The van der Waals surface area contributed by atoms with Crippen LogP contribution in [0.2, 0.25) is 0 Å². The van der Waals surface area contributed by atoms with E-state index in [4.69, 9.17) is 0 Å². The van der Waals surface area contributed by atoms with Crippen molar-refractivity contribution in [1.29, 1.82) is 0 Å². The van der Waals surface area contributed by atoms with E-state index in [0.29, 0.717) is 0 Å². The summed E-state index contributed by atoms with van der Waals surface area (Å²) in [4.78, 5) is 0. The van der Waals surface area contributed by atoms with Crippen molar-refractivity contribution in [3.05, 3.63) is 146 Å². The summed E-state index contributed by atoms with van der Waals surface area (Å²) >= 11 is 0. The number of para-hydroxylation sites is 5. The van der Waals surface area contributed by atoms with Crippen LogP contribution in [0.15, 0.2) is 146 Å². The van der Waals surface area contributed by atoms with Crippen LogP contribution in [0, 0.1) is 0 Å². The Morgan fingerprint density at radius 1 is 0.316 bits per heavy atom. The molecule has 2 heterocycles. The van der Waals surface area contributed by atoms with Gasteiger partial charge in [0.1, 0.15) is 0 Å². The molecule has 8 aromatic rings. The Morgan fingerprint density at radius 3 is 1.21 bits per heavy atom. The maximum Gasteiger partial charge on any atom is 0.0541 e. The summed E-state index contributed by atoms with van der Waals surface area (Å²) in [5.41, 5.74) is 9.68. The van der Waals surface area contributed by atoms with Crippen LogP contribution >= 0.6 is 0 Å². The zero-order valence-electron chi connectivity index (χ0n) is 20.8. The summed E-state index contributed by atoms with van der Waals surface area (Å²) in [5, 5.41) is 5.12. The highest BCUT2D eigenvalue weighted by atomic mass is 15.0. The number of nitrogens with zero attached hydrogens (tertiary/aromatic N) is 2. The molecule has 0 aliphatic heterocycles. The Morgan fingerprint density at radius 2 is 0.711 bits per heavy atom. The van der Waals surface area contributed by atoms with E-state index < -0.39 is 0 Å². The van der Waals surface area contributed by atoms with Crippen molar-refractivity contribution < 1.29 is 0 Å². The molecule has 0 atom stereocenters. The van der Waals surface area contributed by atoms with Gasteiger partial charge in [0.15, 0.2) is 0 Å². The number of hydrogen-bond acceptors (Lipinski definition) is 0. The fourth-order valence-electron chi connectivity index (χ4n) is 6.09. The van der Waals surface area contributed by atoms with Crippen molar-refractivity contribution in [2.24, 2.45) is 0 Å². The number of rotatable bonds is 3. The van der Waals surface area contributed by atoms with Gasteiger partial charge in [0.05, 0.1) is 27.8 Å². The first-order chi connectivity index (χ1) is 18.9. The van der Waals surface area contributed by atoms with Crippen molar-refractivity contribution in [3.8, 4) is 22.5 Å². The monoisotopic (exact) mass is 484 g/mol. The van der Waals surface area contributed by atoms with Gasteiger partial charge in [0.2, 0.25) is 0 Å². The van der Waals surface area contributed by atoms with Gasteiger partial charge in [-0.05, 0) is 48.0 Å². The number of fused-ring (bicyclic) bond motifs is 6. The molecule has 0 unspecified atom stereocenters. The molecule has 0 aliphatic rings. The lowest BCUT2D eigenvalue weighted by Crippen LogP contribution is -1.97. The summed E-state index contributed by atoms with van der Waals surface area (Å²) < 4.78 is 4.77. The minimum Gasteiger partial charge on any atom is -0.309 e. The topological polar surface area (TPSA) is 9.86 Å². The Bertz CT molecular complexity index is 2020. The second kappa shape index (κ2) is 8.22. The van der Waals surface area contributed by atoms with E-state index in [0.717, 1.165) is 0 Å². The Balaban J connectivity index is 1.32. The molecule has 2 aromatic heterocycles. The first kappa shape index (κ1) is 21.0. The molecular weight excluding hydrogens is 460 g/mol. The summed E-state index contributed by atoms with van der Waals surface area (Å²) in [6.45, 7) is 0. The van der Waals surface area contributed by atoms with Gasteiger partial charge in [-0.1, -0.05) is 103 Å². The summed E-state index contributed by atoms with van der Waals surface area (Å²) in [5.74, 6) is 0. The maximum atomic E-state index is 2.40. The van der Waals surface area contributed by atoms with Gasteiger partial charge >= 0.3 is 0 Å². The van der Waals surface area contributed by atoms with Gasteiger partial charge in [0.25, 0.3) is 0 Å². The van der Waals surface area contributed by atoms with E-state index >= 15 is 0 Å². The molecule has 6 aromatic carbocycles. The molecule has 0 spiro atoms. The fourth-order valence-corrected chi connectivity index (χ4v) is 6.09. The van der Waals surface area contributed by atoms with E-state index in [-0.39, 0.29) is 0 Å². The van der Waals surface area contributed by atoms with Crippen LogP contribution in [0.1, 0.15) is 0 Å². The summed E-state index contributed by atoms with van der Waals surface area (Å²) in [7, 11) is 0. The minimum absolute atomic E-state index is 1.17. The summed E-state index contributed by atoms with van der Waals surface area (Å²) in [6.07, 6.45) is 0. The van der Waals surface area contributed by atoms with Gasteiger partial charge in [-0.25, -0.2) is 0 Å². The molecule has 0 bridgehead atoms. The van der Waals surface area contributed by atoms with Crippen LogP contribution in [-0.4, -0.2) is 9.13 Å². The van der Waals surface area contributed by atoms with Crippen LogP contribution in [0.4, 0.5) is 0 Å². The standard InChI is InChI=1S/C36H24N2/c1-6-16-32(38-35-19-9-4-14-30(35)31-15-5-10-20-36(31)38)27(11-1)25-21-23-26(24-22-25)37-33-17-7-2-12-28(33)29-13-3-8-18-34(29)37/h1-24H. The van der Waals surface area contributed by atoms with Crippen molar-refractivity contribution in [2.45, 2.75) is 0 Å². The molecule has 178 valence electrons. The largest absolute Gasteiger partial charge is 0.309 e. The Labute approximate surface area is 220 Å². The molecule has 2 heteroatoms. The molecule has 8 rings (SSSR count). The van der Waals surface area contributed by atoms with Crippen molar-refractivity contribution in [2.75, 3.05) is 0 Å². The van der Waals surface area contributed by atoms with Crippen LogP contribution in [0.25, 0.3) is 66.1 Å². The van der Waals surface area contributed by atoms with Gasteiger partial charge in [-0.15, -0.1) is 0 Å². The molecule has 0 saturated carbocycles.